The fourth-order valence-corrected chi connectivity index (χ4v) is 3.64. The van der Waals surface area contributed by atoms with Crippen molar-refractivity contribution in [3.63, 3.8) is 0 Å². The molecule has 0 radical (unpaired) electrons. The molecule has 1 saturated carbocycles. The molecule has 5 nitrogen and oxygen atoms in total. The highest BCUT2D eigenvalue weighted by molar-refractivity contribution is 7.16. The van der Waals surface area contributed by atoms with Crippen LogP contribution in [0.25, 0.3) is 10.2 Å². The first-order valence-electron chi connectivity index (χ1n) is 6.60. The van der Waals surface area contributed by atoms with Crippen LogP contribution in [-0.4, -0.2) is 21.9 Å². The lowest BCUT2D eigenvalue weighted by molar-refractivity contribution is -0.122. The van der Waals surface area contributed by atoms with Crippen LogP contribution in [-0.2, 0) is 4.79 Å². The summed E-state index contributed by atoms with van der Waals surface area (Å²) in [5.74, 6) is 0.612. The van der Waals surface area contributed by atoms with E-state index < -0.39 is 0 Å². The Morgan fingerprint density at radius 1 is 1.35 bits per heavy atom. The molecular weight excluding hydrogens is 296 g/mol. The number of thiophene rings is 1. The molecule has 2 aromatic rings. The molecule has 2 heterocycles. The van der Waals surface area contributed by atoms with Crippen LogP contribution in [0, 0.1) is 5.92 Å². The van der Waals surface area contributed by atoms with Gasteiger partial charge in [0.15, 0.2) is 0 Å². The Bertz CT molecular complexity index is 636. The van der Waals surface area contributed by atoms with Gasteiger partial charge in [0.05, 0.1) is 5.39 Å². The van der Waals surface area contributed by atoms with Gasteiger partial charge in [0.25, 0.3) is 0 Å². The number of amides is 1. The Labute approximate surface area is 125 Å². The normalized spacial score (nSPS) is 22.9. The van der Waals surface area contributed by atoms with Crippen molar-refractivity contribution in [1.29, 1.82) is 0 Å². The fraction of sp³-hybridized carbons (Fsp3) is 0.462. The molecule has 1 amide bonds. The number of nitrogens with zero attached hydrogens (tertiary/aromatic N) is 2. The maximum absolute atomic E-state index is 11.2. The van der Waals surface area contributed by atoms with Gasteiger partial charge in [0, 0.05) is 12.0 Å². The standard InChI is InChI=1S/C13H15ClN4OS/c14-13-17-11(9-5-6-20-12(9)18-13)16-8-3-1-7(2-4-8)10(15)19/h5-8H,1-4H2,(H2,15,19)(H,16,17,18). The minimum absolute atomic E-state index is 0.0169. The monoisotopic (exact) mass is 310 g/mol. The summed E-state index contributed by atoms with van der Waals surface area (Å²) in [6, 6.07) is 2.30. The number of nitrogens with one attached hydrogen (secondary N) is 1. The van der Waals surface area contributed by atoms with E-state index in [2.05, 4.69) is 15.3 Å². The smallest absolute Gasteiger partial charge is 0.225 e. The van der Waals surface area contributed by atoms with Crippen LogP contribution in [0.4, 0.5) is 5.82 Å². The van der Waals surface area contributed by atoms with Gasteiger partial charge >= 0.3 is 0 Å². The zero-order chi connectivity index (χ0) is 14.1. The Hall–Kier alpha value is -1.40. The maximum atomic E-state index is 11.2. The lowest BCUT2D eigenvalue weighted by Gasteiger charge is -2.27. The molecule has 1 aliphatic rings. The molecule has 0 saturated heterocycles. The Kier molecular flexibility index (Phi) is 3.76. The van der Waals surface area contributed by atoms with E-state index in [1.165, 1.54) is 0 Å². The number of halogens is 1. The van der Waals surface area contributed by atoms with Crippen molar-refractivity contribution in [3.8, 4) is 0 Å². The van der Waals surface area contributed by atoms with Gasteiger partial charge in [-0.3, -0.25) is 4.79 Å². The lowest BCUT2D eigenvalue weighted by Crippen LogP contribution is -2.32. The van der Waals surface area contributed by atoms with Crippen LogP contribution in [0.5, 0.6) is 0 Å². The first-order chi connectivity index (χ1) is 9.63. The van der Waals surface area contributed by atoms with Crippen molar-refractivity contribution in [2.24, 2.45) is 11.7 Å². The molecule has 1 aliphatic carbocycles. The highest BCUT2D eigenvalue weighted by Crippen LogP contribution is 2.30. The molecule has 106 valence electrons. The van der Waals surface area contributed by atoms with Gasteiger partial charge < -0.3 is 11.1 Å². The summed E-state index contributed by atoms with van der Waals surface area (Å²) in [6.45, 7) is 0. The van der Waals surface area contributed by atoms with Crippen LogP contribution in [0.1, 0.15) is 25.7 Å². The van der Waals surface area contributed by atoms with Crippen LogP contribution in [0.3, 0.4) is 0 Å². The minimum atomic E-state index is -0.186. The van der Waals surface area contributed by atoms with Crippen LogP contribution >= 0.6 is 22.9 Å². The number of carbonyl (C=O) groups excluding carboxylic acids is 1. The summed E-state index contributed by atoms with van der Waals surface area (Å²) in [6.07, 6.45) is 3.50. The zero-order valence-corrected chi connectivity index (χ0v) is 12.4. The van der Waals surface area contributed by atoms with Crippen molar-refractivity contribution in [2.75, 3.05) is 5.32 Å². The highest BCUT2D eigenvalue weighted by atomic mass is 35.5. The second-order valence-corrected chi connectivity index (χ2v) is 6.31. The molecule has 0 aromatic carbocycles. The van der Waals surface area contributed by atoms with Gasteiger partial charge in [-0.1, -0.05) is 0 Å². The van der Waals surface area contributed by atoms with E-state index in [1.807, 2.05) is 11.4 Å². The zero-order valence-electron chi connectivity index (χ0n) is 10.8. The first-order valence-corrected chi connectivity index (χ1v) is 7.86. The van der Waals surface area contributed by atoms with Gasteiger partial charge in [-0.2, -0.15) is 0 Å². The van der Waals surface area contributed by atoms with E-state index in [0.29, 0.717) is 6.04 Å². The highest BCUT2D eigenvalue weighted by Gasteiger charge is 2.25. The predicted octanol–water partition coefficient (Wildman–Crippen LogP) is 2.80. The van der Waals surface area contributed by atoms with E-state index in [4.69, 9.17) is 17.3 Å². The molecule has 0 bridgehead atoms. The third kappa shape index (κ3) is 2.71. The van der Waals surface area contributed by atoms with Gasteiger partial charge in [0.2, 0.25) is 11.2 Å². The van der Waals surface area contributed by atoms with Crippen molar-refractivity contribution in [1.82, 2.24) is 9.97 Å². The van der Waals surface area contributed by atoms with E-state index >= 15 is 0 Å². The molecule has 3 rings (SSSR count). The average molecular weight is 311 g/mol. The van der Waals surface area contributed by atoms with Crippen LogP contribution < -0.4 is 11.1 Å². The van der Waals surface area contributed by atoms with Gasteiger partial charge in [0.1, 0.15) is 10.6 Å². The molecule has 3 N–H and O–H groups in total. The molecule has 7 heteroatoms. The summed E-state index contributed by atoms with van der Waals surface area (Å²) in [5, 5.41) is 6.66. The van der Waals surface area contributed by atoms with Gasteiger partial charge in [-0.15, -0.1) is 11.3 Å². The molecule has 0 atom stereocenters. The predicted molar refractivity (Wildman–Crippen MR) is 81.0 cm³/mol. The van der Waals surface area contributed by atoms with E-state index in [-0.39, 0.29) is 17.1 Å². The van der Waals surface area contributed by atoms with E-state index in [9.17, 15) is 4.79 Å². The molecule has 20 heavy (non-hydrogen) atoms. The SMILES string of the molecule is NC(=O)C1CCC(Nc2nc(Cl)nc3sccc23)CC1. The van der Waals surface area contributed by atoms with Crippen molar-refractivity contribution in [3.05, 3.63) is 16.7 Å². The van der Waals surface area contributed by atoms with E-state index in [1.54, 1.807) is 11.3 Å². The van der Waals surface area contributed by atoms with Crippen molar-refractivity contribution >= 4 is 44.9 Å². The Morgan fingerprint density at radius 2 is 2.10 bits per heavy atom. The summed E-state index contributed by atoms with van der Waals surface area (Å²) < 4.78 is 0. The number of rotatable bonds is 3. The molecular formula is C13H15ClN4OS. The molecule has 0 aliphatic heterocycles. The lowest BCUT2D eigenvalue weighted by atomic mass is 9.85. The van der Waals surface area contributed by atoms with Crippen LogP contribution in [0.2, 0.25) is 5.28 Å². The maximum Gasteiger partial charge on any atom is 0.225 e. The Balaban J connectivity index is 1.74. The third-order valence-corrected chi connectivity index (χ3v) is 4.74. The second-order valence-electron chi connectivity index (χ2n) is 5.08. The topological polar surface area (TPSA) is 80.9 Å². The van der Waals surface area contributed by atoms with Crippen LogP contribution in [0.15, 0.2) is 11.4 Å². The number of carbonyl (C=O) groups is 1. The molecule has 0 unspecified atom stereocenters. The summed E-state index contributed by atoms with van der Waals surface area (Å²) in [4.78, 5) is 20.5. The fourth-order valence-electron chi connectivity index (χ4n) is 2.66. The van der Waals surface area contributed by atoms with Crippen molar-refractivity contribution in [2.45, 2.75) is 31.7 Å². The van der Waals surface area contributed by atoms with Gasteiger partial charge in [-0.25, -0.2) is 9.97 Å². The Morgan fingerprint density at radius 3 is 2.80 bits per heavy atom. The number of nitrogens with two attached hydrogens (primary N) is 1. The number of anilines is 1. The number of primary amides is 1. The van der Waals surface area contributed by atoms with E-state index in [0.717, 1.165) is 41.7 Å². The number of hydrogen-bond donors (Lipinski definition) is 2. The third-order valence-electron chi connectivity index (χ3n) is 3.77. The quantitative estimate of drug-likeness (QED) is 0.854. The number of fused-ring (bicyclic) bond motifs is 1. The summed E-state index contributed by atoms with van der Waals surface area (Å²) in [7, 11) is 0. The average Bonchev–Trinajstić information content (AvgIpc) is 2.87. The van der Waals surface area contributed by atoms with Gasteiger partial charge in [-0.05, 0) is 48.7 Å². The summed E-state index contributed by atoms with van der Waals surface area (Å²) in [5.41, 5.74) is 5.35. The summed E-state index contributed by atoms with van der Waals surface area (Å²) >= 11 is 7.49. The van der Waals surface area contributed by atoms with Crippen molar-refractivity contribution < 1.29 is 4.79 Å². The minimum Gasteiger partial charge on any atom is -0.369 e. The molecule has 2 aromatic heterocycles. The first kappa shape index (κ1) is 13.6. The number of hydrogen-bond acceptors (Lipinski definition) is 5. The molecule has 1 fully saturated rings. The number of aromatic nitrogens is 2. The largest absolute Gasteiger partial charge is 0.369 e. The molecule has 0 spiro atoms. The second kappa shape index (κ2) is 5.54.